The topological polar surface area (TPSA) is 69.8 Å². The van der Waals surface area contributed by atoms with Gasteiger partial charge in [-0.05, 0) is 67.6 Å². The van der Waals surface area contributed by atoms with E-state index in [0.717, 1.165) is 41.0 Å². The van der Waals surface area contributed by atoms with E-state index < -0.39 is 0 Å². The summed E-state index contributed by atoms with van der Waals surface area (Å²) in [7, 11) is 1.90. The van der Waals surface area contributed by atoms with Crippen LogP contribution in [0.4, 0.5) is 5.69 Å². The van der Waals surface area contributed by atoms with Crippen molar-refractivity contribution in [1.82, 2.24) is 15.5 Å². The monoisotopic (exact) mass is 362 g/mol. The molecule has 140 valence electrons. The fourth-order valence-corrected chi connectivity index (χ4v) is 3.18. The highest BCUT2D eigenvalue weighted by molar-refractivity contribution is 5.95. The van der Waals surface area contributed by atoms with Crippen molar-refractivity contribution >= 4 is 11.6 Å². The van der Waals surface area contributed by atoms with E-state index in [4.69, 9.17) is 0 Å². The highest BCUT2D eigenvalue weighted by atomic mass is 16.1. The third-order valence-electron chi connectivity index (χ3n) is 4.80. The van der Waals surface area contributed by atoms with E-state index >= 15 is 0 Å². The van der Waals surface area contributed by atoms with Crippen LogP contribution in [0, 0.1) is 13.8 Å². The van der Waals surface area contributed by atoms with Crippen LogP contribution in [0.25, 0.3) is 11.1 Å². The van der Waals surface area contributed by atoms with Crippen molar-refractivity contribution in [3.05, 3.63) is 71.0 Å². The summed E-state index contributed by atoms with van der Waals surface area (Å²) in [6.07, 6.45) is 1.80. The molecule has 5 nitrogen and oxygen atoms in total. The first kappa shape index (κ1) is 18.7. The Balaban J connectivity index is 1.58. The van der Waals surface area contributed by atoms with Crippen LogP contribution in [-0.2, 0) is 6.42 Å². The van der Waals surface area contributed by atoms with Crippen molar-refractivity contribution in [2.24, 2.45) is 0 Å². The summed E-state index contributed by atoms with van der Waals surface area (Å²) in [4.78, 5) is 12.5. The van der Waals surface area contributed by atoms with Gasteiger partial charge in [0.1, 0.15) is 0 Å². The van der Waals surface area contributed by atoms with Crippen LogP contribution in [0.15, 0.2) is 48.5 Å². The highest BCUT2D eigenvalue weighted by Crippen LogP contribution is 2.22. The molecule has 0 atom stereocenters. The standard InChI is InChI=1S/C22H26N4O/c1-15-21(16(2)26-25-15)8-5-13-24-22(27)19-7-4-6-18(14-19)17-9-11-20(23-3)12-10-17/h4,6-7,9-12,14,23H,5,8,13H2,1-3H3,(H,24,27)(H,25,26). The Labute approximate surface area is 160 Å². The average Bonchev–Trinajstić information content (AvgIpc) is 3.03. The number of aromatic nitrogens is 2. The summed E-state index contributed by atoms with van der Waals surface area (Å²) in [6.45, 7) is 4.68. The Morgan fingerprint density at radius 3 is 2.52 bits per heavy atom. The van der Waals surface area contributed by atoms with Crippen molar-refractivity contribution in [2.45, 2.75) is 26.7 Å². The molecular weight excluding hydrogens is 336 g/mol. The maximum absolute atomic E-state index is 12.5. The summed E-state index contributed by atoms with van der Waals surface area (Å²) >= 11 is 0. The minimum absolute atomic E-state index is 0.0377. The van der Waals surface area contributed by atoms with E-state index in [0.29, 0.717) is 12.1 Å². The molecule has 0 aliphatic carbocycles. The molecule has 2 aromatic carbocycles. The van der Waals surface area contributed by atoms with Crippen LogP contribution in [0.5, 0.6) is 0 Å². The molecule has 3 N–H and O–H groups in total. The zero-order valence-corrected chi connectivity index (χ0v) is 16.1. The van der Waals surface area contributed by atoms with E-state index in [1.54, 1.807) is 0 Å². The average molecular weight is 362 g/mol. The zero-order chi connectivity index (χ0) is 19.2. The second kappa shape index (κ2) is 8.54. The van der Waals surface area contributed by atoms with E-state index in [9.17, 15) is 4.79 Å². The Hall–Kier alpha value is -3.08. The van der Waals surface area contributed by atoms with Crippen molar-refractivity contribution in [3.63, 3.8) is 0 Å². The van der Waals surface area contributed by atoms with Crippen LogP contribution in [-0.4, -0.2) is 29.7 Å². The van der Waals surface area contributed by atoms with Gasteiger partial charge in [-0.25, -0.2) is 0 Å². The molecule has 0 aliphatic heterocycles. The molecule has 0 aliphatic rings. The first-order valence-corrected chi connectivity index (χ1v) is 9.25. The third kappa shape index (κ3) is 4.56. The summed E-state index contributed by atoms with van der Waals surface area (Å²) in [5, 5.41) is 13.3. The van der Waals surface area contributed by atoms with Gasteiger partial charge in [-0.2, -0.15) is 5.10 Å². The van der Waals surface area contributed by atoms with Crippen LogP contribution in [0.2, 0.25) is 0 Å². The van der Waals surface area contributed by atoms with E-state index in [2.05, 4.69) is 33.0 Å². The van der Waals surface area contributed by atoms with Crippen molar-refractivity contribution < 1.29 is 4.79 Å². The Morgan fingerprint density at radius 2 is 1.85 bits per heavy atom. The molecule has 1 amide bonds. The zero-order valence-electron chi connectivity index (χ0n) is 16.1. The number of amides is 1. The van der Waals surface area contributed by atoms with Crippen molar-refractivity contribution in [2.75, 3.05) is 18.9 Å². The molecule has 0 fully saturated rings. The molecule has 0 bridgehead atoms. The van der Waals surface area contributed by atoms with Gasteiger partial charge in [0.15, 0.2) is 0 Å². The number of aryl methyl sites for hydroxylation is 2. The van der Waals surface area contributed by atoms with Gasteiger partial charge in [0.05, 0.1) is 5.69 Å². The maximum atomic E-state index is 12.5. The number of nitrogens with zero attached hydrogens (tertiary/aromatic N) is 1. The van der Waals surface area contributed by atoms with Crippen LogP contribution < -0.4 is 10.6 Å². The lowest BCUT2D eigenvalue weighted by Crippen LogP contribution is -2.24. The lowest BCUT2D eigenvalue weighted by molar-refractivity contribution is 0.0953. The van der Waals surface area contributed by atoms with Gasteiger partial charge in [0, 0.05) is 30.5 Å². The number of carbonyl (C=O) groups is 1. The first-order chi connectivity index (χ1) is 13.1. The number of nitrogens with one attached hydrogen (secondary N) is 3. The minimum Gasteiger partial charge on any atom is -0.388 e. The summed E-state index contributed by atoms with van der Waals surface area (Å²) in [5.41, 5.74) is 7.27. The highest BCUT2D eigenvalue weighted by Gasteiger charge is 2.09. The van der Waals surface area contributed by atoms with Crippen LogP contribution in [0.1, 0.15) is 33.7 Å². The largest absolute Gasteiger partial charge is 0.388 e. The number of hydrogen-bond acceptors (Lipinski definition) is 3. The number of anilines is 1. The van der Waals surface area contributed by atoms with Crippen LogP contribution >= 0.6 is 0 Å². The number of carbonyl (C=O) groups excluding carboxylic acids is 1. The van der Waals surface area contributed by atoms with E-state index in [1.807, 2.05) is 57.3 Å². The van der Waals surface area contributed by atoms with Crippen molar-refractivity contribution in [3.8, 4) is 11.1 Å². The number of H-pyrrole nitrogens is 1. The maximum Gasteiger partial charge on any atom is 0.251 e. The molecule has 1 aromatic heterocycles. The van der Waals surface area contributed by atoms with Gasteiger partial charge in [-0.1, -0.05) is 24.3 Å². The number of rotatable bonds is 7. The molecule has 0 saturated heterocycles. The van der Waals surface area contributed by atoms with Gasteiger partial charge in [0.2, 0.25) is 0 Å². The molecule has 0 spiro atoms. The molecule has 5 heteroatoms. The second-order valence-electron chi connectivity index (χ2n) is 6.68. The molecule has 0 saturated carbocycles. The predicted octanol–water partition coefficient (Wildman–Crippen LogP) is 4.10. The molecule has 27 heavy (non-hydrogen) atoms. The Kier molecular flexibility index (Phi) is 5.91. The number of hydrogen-bond donors (Lipinski definition) is 3. The first-order valence-electron chi connectivity index (χ1n) is 9.25. The smallest absolute Gasteiger partial charge is 0.251 e. The molecule has 0 unspecified atom stereocenters. The van der Waals surface area contributed by atoms with Crippen LogP contribution in [0.3, 0.4) is 0 Å². The Bertz CT molecular complexity index is 893. The lowest BCUT2D eigenvalue weighted by Gasteiger charge is -2.08. The summed E-state index contributed by atoms with van der Waals surface area (Å²) in [5.74, 6) is -0.0377. The molecule has 1 heterocycles. The normalized spacial score (nSPS) is 10.6. The van der Waals surface area contributed by atoms with Gasteiger partial charge >= 0.3 is 0 Å². The lowest BCUT2D eigenvalue weighted by atomic mass is 10.0. The van der Waals surface area contributed by atoms with E-state index in [1.165, 1.54) is 5.56 Å². The van der Waals surface area contributed by atoms with Gasteiger partial charge < -0.3 is 10.6 Å². The fourth-order valence-electron chi connectivity index (χ4n) is 3.18. The fraction of sp³-hybridized carbons (Fsp3) is 0.273. The molecule has 3 rings (SSSR count). The summed E-state index contributed by atoms with van der Waals surface area (Å²) < 4.78 is 0. The number of benzene rings is 2. The SMILES string of the molecule is CNc1ccc(-c2cccc(C(=O)NCCCc3c(C)n[nH]c3C)c2)cc1. The molecule has 0 radical (unpaired) electrons. The van der Waals surface area contributed by atoms with Gasteiger partial charge in [0.25, 0.3) is 5.91 Å². The third-order valence-corrected chi connectivity index (χ3v) is 4.80. The van der Waals surface area contributed by atoms with Gasteiger partial charge in [-0.3, -0.25) is 9.89 Å². The van der Waals surface area contributed by atoms with E-state index in [-0.39, 0.29) is 5.91 Å². The second-order valence-corrected chi connectivity index (χ2v) is 6.68. The number of aromatic amines is 1. The molecule has 3 aromatic rings. The van der Waals surface area contributed by atoms with Gasteiger partial charge in [-0.15, -0.1) is 0 Å². The summed E-state index contributed by atoms with van der Waals surface area (Å²) in [6, 6.07) is 15.9. The predicted molar refractivity (Wildman–Crippen MR) is 110 cm³/mol. The minimum atomic E-state index is -0.0377. The Morgan fingerprint density at radius 1 is 1.07 bits per heavy atom. The molecular formula is C22H26N4O. The van der Waals surface area contributed by atoms with Crippen molar-refractivity contribution in [1.29, 1.82) is 0 Å². The quantitative estimate of drug-likeness (QED) is 0.554.